The molecular formula is C16H18BrN7. The summed E-state index contributed by atoms with van der Waals surface area (Å²) < 4.78 is 2.66. The number of fused-ring (bicyclic) bond motifs is 3. The second kappa shape index (κ2) is 6.35. The molecule has 0 saturated heterocycles. The maximum absolute atomic E-state index is 4.71. The molecule has 124 valence electrons. The molecule has 8 heteroatoms. The zero-order chi connectivity index (χ0) is 16.5. The number of hydrogen-bond acceptors (Lipinski definition) is 5. The summed E-state index contributed by atoms with van der Waals surface area (Å²) in [5.41, 5.74) is 1.88. The van der Waals surface area contributed by atoms with Crippen LogP contribution in [0.5, 0.6) is 0 Å². The van der Waals surface area contributed by atoms with Gasteiger partial charge in [-0.05, 0) is 34.5 Å². The van der Waals surface area contributed by atoms with Gasteiger partial charge in [0.15, 0.2) is 22.2 Å². The molecule has 7 nitrogen and oxygen atoms in total. The molecule has 0 aliphatic carbocycles. The van der Waals surface area contributed by atoms with Crippen LogP contribution >= 0.6 is 15.9 Å². The van der Waals surface area contributed by atoms with Crippen LogP contribution in [0.3, 0.4) is 0 Å². The molecule has 0 bridgehead atoms. The maximum Gasteiger partial charge on any atom is 0.182 e. The van der Waals surface area contributed by atoms with Crippen molar-refractivity contribution in [1.82, 2.24) is 29.7 Å². The van der Waals surface area contributed by atoms with Crippen LogP contribution in [0.4, 0.5) is 5.82 Å². The number of H-pyrrole nitrogens is 1. The van der Waals surface area contributed by atoms with Crippen LogP contribution in [0, 0.1) is 0 Å². The SMILES string of the molecule is CCCCCN1Cn2nc(-c3ccncc3)nc2-c2[nH]c(Br)nc21. The third kappa shape index (κ3) is 2.71. The second-order valence-corrected chi connectivity index (χ2v) is 6.58. The van der Waals surface area contributed by atoms with Crippen molar-refractivity contribution < 1.29 is 0 Å². The van der Waals surface area contributed by atoms with Gasteiger partial charge in [0.25, 0.3) is 0 Å². The topological polar surface area (TPSA) is 75.5 Å². The van der Waals surface area contributed by atoms with Gasteiger partial charge >= 0.3 is 0 Å². The first kappa shape index (κ1) is 15.3. The van der Waals surface area contributed by atoms with Gasteiger partial charge in [-0.3, -0.25) is 4.98 Å². The quantitative estimate of drug-likeness (QED) is 0.678. The number of hydrogen-bond donors (Lipinski definition) is 1. The van der Waals surface area contributed by atoms with E-state index in [0.29, 0.717) is 12.5 Å². The van der Waals surface area contributed by atoms with Gasteiger partial charge in [-0.1, -0.05) is 19.8 Å². The van der Waals surface area contributed by atoms with Crippen molar-refractivity contribution >= 4 is 21.7 Å². The van der Waals surface area contributed by atoms with Gasteiger partial charge in [0.1, 0.15) is 12.4 Å². The molecule has 0 saturated carbocycles. The van der Waals surface area contributed by atoms with Gasteiger partial charge in [0, 0.05) is 24.5 Å². The van der Waals surface area contributed by atoms with E-state index in [1.807, 2.05) is 16.8 Å². The minimum Gasteiger partial charge on any atom is -0.335 e. The summed E-state index contributed by atoms with van der Waals surface area (Å²) in [4.78, 5) is 18.9. The zero-order valence-electron chi connectivity index (χ0n) is 13.4. The largest absolute Gasteiger partial charge is 0.335 e. The monoisotopic (exact) mass is 387 g/mol. The molecule has 1 N–H and O–H groups in total. The van der Waals surface area contributed by atoms with Crippen LogP contribution in [0.1, 0.15) is 26.2 Å². The number of nitrogens with one attached hydrogen (secondary N) is 1. The average Bonchev–Trinajstić information content (AvgIpc) is 3.19. The number of halogens is 1. The van der Waals surface area contributed by atoms with Crippen LogP contribution in [0.2, 0.25) is 0 Å². The first-order chi connectivity index (χ1) is 11.8. The van der Waals surface area contributed by atoms with E-state index in [4.69, 9.17) is 4.98 Å². The fraction of sp³-hybridized carbons (Fsp3) is 0.375. The minimum atomic E-state index is 0.668. The number of unbranched alkanes of at least 4 members (excludes halogenated alkanes) is 2. The van der Waals surface area contributed by atoms with Gasteiger partial charge in [-0.15, -0.1) is 5.10 Å². The average molecular weight is 388 g/mol. The molecule has 0 aromatic carbocycles. The van der Waals surface area contributed by atoms with Crippen molar-refractivity contribution in [2.24, 2.45) is 0 Å². The van der Waals surface area contributed by atoms with E-state index < -0.39 is 0 Å². The maximum atomic E-state index is 4.71. The third-order valence-electron chi connectivity index (χ3n) is 4.13. The summed E-state index contributed by atoms with van der Waals surface area (Å²) in [6, 6.07) is 3.84. The normalized spacial score (nSPS) is 13.0. The smallest absolute Gasteiger partial charge is 0.182 e. The van der Waals surface area contributed by atoms with Crippen molar-refractivity contribution in [3.8, 4) is 22.9 Å². The van der Waals surface area contributed by atoms with Crippen LogP contribution in [-0.4, -0.2) is 36.3 Å². The fourth-order valence-electron chi connectivity index (χ4n) is 2.93. The summed E-state index contributed by atoms with van der Waals surface area (Å²) in [6.07, 6.45) is 7.06. The Morgan fingerprint density at radius 1 is 1.21 bits per heavy atom. The lowest BCUT2D eigenvalue weighted by atomic mass is 10.2. The van der Waals surface area contributed by atoms with E-state index in [0.717, 1.165) is 40.6 Å². The molecule has 4 heterocycles. The van der Waals surface area contributed by atoms with Gasteiger partial charge in [0.05, 0.1) is 0 Å². The summed E-state index contributed by atoms with van der Waals surface area (Å²) >= 11 is 3.45. The Labute approximate surface area is 148 Å². The highest BCUT2D eigenvalue weighted by Gasteiger charge is 2.28. The minimum absolute atomic E-state index is 0.668. The van der Waals surface area contributed by atoms with Gasteiger partial charge < -0.3 is 9.88 Å². The lowest BCUT2D eigenvalue weighted by Gasteiger charge is -2.27. The Morgan fingerprint density at radius 3 is 2.83 bits per heavy atom. The van der Waals surface area contributed by atoms with Crippen molar-refractivity contribution in [2.75, 3.05) is 11.4 Å². The number of pyridine rings is 1. The number of aromatic amines is 1. The molecule has 3 aromatic rings. The number of rotatable bonds is 5. The number of nitrogens with zero attached hydrogens (tertiary/aromatic N) is 6. The molecule has 0 atom stereocenters. The highest BCUT2D eigenvalue weighted by Crippen LogP contribution is 2.35. The van der Waals surface area contributed by atoms with E-state index in [2.05, 4.69) is 47.8 Å². The highest BCUT2D eigenvalue weighted by molar-refractivity contribution is 9.10. The first-order valence-corrected chi connectivity index (χ1v) is 8.91. The Bertz CT molecular complexity index is 839. The molecule has 24 heavy (non-hydrogen) atoms. The summed E-state index contributed by atoms with van der Waals surface area (Å²) in [5.74, 6) is 2.47. The number of anilines is 1. The van der Waals surface area contributed by atoms with Crippen LogP contribution in [-0.2, 0) is 6.67 Å². The molecule has 0 spiro atoms. The molecule has 0 amide bonds. The van der Waals surface area contributed by atoms with E-state index in [-0.39, 0.29) is 0 Å². The van der Waals surface area contributed by atoms with E-state index in [1.165, 1.54) is 12.8 Å². The lowest BCUT2D eigenvalue weighted by Crippen LogP contribution is -2.32. The Balaban J connectivity index is 1.71. The van der Waals surface area contributed by atoms with Crippen molar-refractivity contribution in [1.29, 1.82) is 0 Å². The molecule has 3 aromatic heterocycles. The molecule has 1 aliphatic rings. The highest BCUT2D eigenvalue weighted by atomic mass is 79.9. The predicted octanol–water partition coefficient (Wildman–Crippen LogP) is 3.46. The lowest BCUT2D eigenvalue weighted by molar-refractivity contribution is 0.548. The second-order valence-electron chi connectivity index (χ2n) is 5.83. The third-order valence-corrected chi connectivity index (χ3v) is 4.50. The molecule has 0 radical (unpaired) electrons. The molecule has 4 rings (SSSR count). The van der Waals surface area contributed by atoms with Crippen molar-refractivity contribution in [2.45, 2.75) is 32.9 Å². The summed E-state index contributed by atoms with van der Waals surface area (Å²) in [5, 5.41) is 4.68. The standard InChI is InChI=1S/C16H18BrN7/c1-2-3-4-9-23-10-24-15(12-14(23)21-16(17)19-12)20-13(22-24)11-5-7-18-8-6-11/h5-8H,2-4,9-10H2,1H3,(H,19,21). The fourth-order valence-corrected chi connectivity index (χ4v) is 3.29. The number of aromatic nitrogens is 6. The van der Waals surface area contributed by atoms with Gasteiger partial charge in [-0.2, -0.15) is 0 Å². The van der Waals surface area contributed by atoms with Crippen LogP contribution < -0.4 is 4.90 Å². The van der Waals surface area contributed by atoms with Crippen molar-refractivity contribution in [3.63, 3.8) is 0 Å². The Morgan fingerprint density at radius 2 is 2.04 bits per heavy atom. The Kier molecular flexibility index (Phi) is 4.05. The molecule has 0 fully saturated rings. The van der Waals surface area contributed by atoms with E-state index >= 15 is 0 Å². The molecule has 1 aliphatic heterocycles. The first-order valence-electron chi connectivity index (χ1n) is 8.12. The zero-order valence-corrected chi connectivity index (χ0v) is 15.0. The van der Waals surface area contributed by atoms with E-state index in [1.54, 1.807) is 12.4 Å². The van der Waals surface area contributed by atoms with Gasteiger partial charge in [-0.25, -0.2) is 14.6 Å². The van der Waals surface area contributed by atoms with E-state index in [9.17, 15) is 0 Å². The molecular weight excluding hydrogens is 370 g/mol. The molecule has 0 unspecified atom stereocenters. The summed E-state index contributed by atoms with van der Waals surface area (Å²) in [7, 11) is 0. The number of imidazole rings is 1. The van der Waals surface area contributed by atoms with Gasteiger partial charge in [0.2, 0.25) is 0 Å². The van der Waals surface area contributed by atoms with Crippen molar-refractivity contribution in [3.05, 3.63) is 29.3 Å². The van der Waals surface area contributed by atoms with Crippen LogP contribution in [0.15, 0.2) is 29.3 Å². The predicted molar refractivity (Wildman–Crippen MR) is 95.4 cm³/mol. The van der Waals surface area contributed by atoms with Crippen LogP contribution in [0.25, 0.3) is 22.9 Å². The summed E-state index contributed by atoms with van der Waals surface area (Å²) in [6.45, 7) is 3.84. The Hall–Kier alpha value is -2.22.